The maximum Gasteiger partial charge on any atom is 0.407 e. The van der Waals surface area contributed by atoms with E-state index in [0.29, 0.717) is 5.69 Å². The molecule has 0 saturated heterocycles. The monoisotopic (exact) mass is 389 g/mol. The molecule has 0 radical (unpaired) electrons. The Morgan fingerprint density at radius 1 is 1.03 bits per heavy atom. The molecular weight excluding hydrogens is 370 g/mol. The van der Waals surface area contributed by atoms with Crippen molar-refractivity contribution in [3.8, 4) is 11.1 Å². The molecule has 0 saturated carbocycles. The zero-order valence-electron chi connectivity index (χ0n) is 15.5. The first-order chi connectivity index (χ1) is 14.1. The van der Waals surface area contributed by atoms with Crippen molar-refractivity contribution < 1.29 is 19.4 Å². The summed E-state index contributed by atoms with van der Waals surface area (Å²) in [5, 5.41) is 11.8. The third-order valence-electron chi connectivity index (χ3n) is 4.96. The molecule has 0 aliphatic heterocycles. The number of carbonyl (C=O) groups is 2. The summed E-state index contributed by atoms with van der Waals surface area (Å²) in [5.74, 6) is -1.25. The first-order valence-electron chi connectivity index (χ1n) is 9.22. The Balaban J connectivity index is 1.43. The van der Waals surface area contributed by atoms with E-state index in [1.807, 2.05) is 36.4 Å². The number of amides is 1. The highest BCUT2D eigenvalue weighted by atomic mass is 16.5. The van der Waals surface area contributed by atoms with E-state index in [1.54, 1.807) is 0 Å². The largest absolute Gasteiger partial charge is 0.480 e. The van der Waals surface area contributed by atoms with Crippen molar-refractivity contribution in [3.05, 3.63) is 83.9 Å². The quantitative estimate of drug-likeness (QED) is 0.672. The number of hydrogen-bond acceptors (Lipinski definition) is 5. The lowest BCUT2D eigenvalue weighted by Crippen LogP contribution is -2.43. The minimum atomic E-state index is -1.16. The van der Waals surface area contributed by atoms with Crippen molar-refractivity contribution in [3.63, 3.8) is 0 Å². The Morgan fingerprint density at radius 3 is 2.28 bits per heavy atom. The van der Waals surface area contributed by atoms with E-state index in [0.717, 1.165) is 22.3 Å². The Kier molecular flexibility index (Phi) is 5.20. The van der Waals surface area contributed by atoms with Crippen LogP contribution >= 0.6 is 0 Å². The number of nitrogens with zero attached hydrogens (tertiary/aromatic N) is 2. The second-order valence-electron chi connectivity index (χ2n) is 6.76. The number of benzene rings is 2. The molecule has 1 heterocycles. The Hall–Kier alpha value is -3.74. The van der Waals surface area contributed by atoms with Crippen molar-refractivity contribution >= 4 is 12.1 Å². The van der Waals surface area contributed by atoms with Crippen molar-refractivity contribution in [1.29, 1.82) is 0 Å². The van der Waals surface area contributed by atoms with E-state index >= 15 is 0 Å². The van der Waals surface area contributed by atoms with E-state index in [-0.39, 0.29) is 18.9 Å². The van der Waals surface area contributed by atoms with E-state index in [9.17, 15) is 14.7 Å². The molecule has 29 heavy (non-hydrogen) atoms. The molecule has 2 aromatic carbocycles. The Labute approximate surface area is 167 Å². The summed E-state index contributed by atoms with van der Waals surface area (Å²) >= 11 is 0. The number of aliphatic carboxylic acids is 1. The first-order valence-corrected chi connectivity index (χ1v) is 9.22. The van der Waals surface area contributed by atoms with Crippen molar-refractivity contribution in [1.82, 2.24) is 15.3 Å². The van der Waals surface area contributed by atoms with E-state index in [4.69, 9.17) is 4.74 Å². The summed E-state index contributed by atoms with van der Waals surface area (Å²) in [6, 6.07) is 14.9. The molecular formula is C22H19N3O4. The standard InChI is InChI=1S/C22H19N3O4/c26-21(27)20(11-14-12-23-9-10-24-14)25-22(28)29-13-19-17-7-3-1-5-15(17)16-6-2-4-8-18(16)19/h1-10,12,19-20H,11,13H2,(H,25,28)(H,26,27)/t20-/m0/s1. The zero-order chi connectivity index (χ0) is 20.2. The fraction of sp³-hybridized carbons (Fsp3) is 0.182. The van der Waals surface area contributed by atoms with Gasteiger partial charge in [-0.3, -0.25) is 9.97 Å². The molecule has 0 unspecified atom stereocenters. The van der Waals surface area contributed by atoms with Crippen molar-refractivity contribution in [2.75, 3.05) is 6.61 Å². The maximum atomic E-state index is 12.3. The molecule has 7 heteroatoms. The summed E-state index contributed by atoms with van der Waals surface area (Å²) in [5.41, 5.74) is 4.91. The fourth-order valence-electron chi connectivity index (χ4n) is 3.63. The van der Waals surface area contributed by atoms with Crippen LogP contribution in [0.25, 0.3) is 11.1 Å². The Bertz CT molecular complexity index is 993. The van der Waals surface area contributed by atoms with Gasteiger partial charge in [-0.1, -0.05) is 48.5 Å². The predicted octanol–water partition coefficient (Wildman–Crippen LogP) is 3.01. The molecule has 1 aliphatic rings. The highest BCUT2D eigenvalue weighted by Crippen LogP contribution is 2.44. The van der Waals surface area contributed by atoms with Crippen LogP contribution in [-0.2, 0) is 16.0 Å². The van der Waals surface area contributed by atoms with Gasteiger partial charge in [0.15, 0.2) is 0 Å². The van der Waals surface area contributed by atoms with Crippen molar-refractivity contribution in [2.45, 2.75) is 18.4 Å². The SMILES string of the molecule is O=C(N[C@@H](Cc1cnccn1)C(=O)O)OCC1c2ccccc2-c2ccccc21. The van der Waals surface area contributed by atoms with Crippen LogP contribution in [0.15, 0.2) is 67.1 Å². The molecule has 146 valence electrons. The number of aromatic nitrogens is 2. The lowest BCUT2D eigenvalue weighted by molar-refractivity contribution is -0.139. The van der Waals surface area contributed by atoms with Crippen LogP contribution < -0.4 is 5.32 Å². The van der Waals surface area contributed by atoms with Gasteiger partial charge < -0.3 is 15.2 Å². The molecule has 0 spiro atoms. The molecule has 3 aromatic rings. The number of carbonyl (C=O) groups excluding carboxylic acids is 1. The lowest BCUT2D eigenvalue weighted by Gasteiger charge is -2.17. The van der Waals surface area contributed by atoms with Gasteiger partial charge >= 0.3 is 12.1 Å². The number of rotatable bonds is 6. The van der Waals surface area contributed by atoms with Crippen LogP contribution in [0.5, 0.6) is 0 Å². The van der Waals surface area contributed by atoms with Gasteiger partial charge in [0, 0.05) is 30.9 Å². The minimum Gasteiger partial charge on any atom is -0.480 e. The average molecular weight is 389 g/mol. The average Bonchev–Trinajstić information content (AvgIpc) is 3.06. The summed E-state index contributed by atoms with van der Waals surface area (Å²) in [6.45, 7) is 0.122. The number of hydrogen-bond donors (Lipinski definition) is 2. The van der Waals surface area contributed by atoms with Gasteiger partial charge in [-0.05, 0) is 22.3 Å². The van der Waals surface area contributed by atoms with Gasteiger partial charge in [0.1, 0.15) is 12.6 Å². The number of alkyl carbamates (subject to hydrolysis) is 1. The first kappa shape index (κ1) is 18.6. The topological polar surface area (TPSA) is 101 Å². The molecule has 4 rings (SSSR count). The predicted molar refractivity (Wildman–Crippen MR) is 105 cm³/mol. The molecule has 1 aliphatic carbocycles. The van der Waals surface area contributed by atoms with Crippen LogP contribution in [0, 0.1) is 0 Å². The van der Waals surface area contributed by atoms with Gasteiger partial charge in [-0.2, -0.15) is 0 Å². The van der Waals surface area contributed by atoms with E-state index in [1.165, 1.54) is 18.6 Å². The molecule has 0 bridgehead atoms. The Morgan fingerprint density at radius 2 is 1.69 bits per heavy atom. The number of fused-ring (bicyclic) bond motifs is 3. The number of carboxylic acids is 1. The highest BCUT2D eigenvalue weighted by Gasteiger charge is 2.29. The second-order valence-corrected chi connectivity index (χ2v) is 6.76. The van der Waals surface area contributed by atoms with Crippen molar-refractivity contribution in [2.24, 2.45) is 0 Å². The second kappa shape index (κ2) is 8.10. The van der Waals surface area contributed by atoms with Crippen LogP contribution in [0.3, 0.4) is 0 Å². The van der Waals surface area contributed by atoms with Gasteiger partial charge in [0.2, 0.25) is 0 Å². The molecule has 1 atom stereocenters. The maximum absolute atomic E-state index is 12.3. The molecule has 2 N–H and O–H groups in total. The zero-order valence-corrected chi connectivity index (χ0v) is 15.5. The third kappa shape index (κ3) is 3.94. The molecule has 0 fully saturated rings. The number of nitrogens with one attached hydrogen (secondary N) is 1. The number of ether oxygens (including phenoxy) is 1. The minimum absolute atomic E-state index is 0.0212. The normalized spacial score (nSPS) is 13.2. The smallest absolute Gasteiger partial charge is 0.407 e. The van der Waals surface area contributed by atoms with E-state index < -0.39 is 18.1 Å². The van der Waals surface area contributed by atoms with Crippen LogP contribution in [-0.4, -0.2) is 39.8 Å². The van der Waals surface area contributed by atoms with Gasteiger partial charge in [-0.25, -0.2) is 9.59 Å². The van der Waals surface area contributed by atoms with Crippen LogP contribution in [0.1, 0.15) is 22.7 Å². The fourth-order valence-corrected chi connectivity index (χ4v) is 3.63. The number of carboxylic acid groups (broad SMARTS) is 1. The van der Waals surface area contributed by atoms with Gasteiger partial charge in [0.25, 0.3) is 0 Å². The molecule has 1 aromatic heterocycles. The van der Waals surface area contributed by atoms with E-state index in [2.05, 4.69) is 27.4 Å². The van der Waals surface area contributed by atoms with Gasteiger partial charge in [0.05, 0.1) is 5.69 Å². The lowest BCUT2D eigenvalue weighted by atomic mass is 9.98. The molecule has 1 amide bonds. The summed E-state index contributed by atoms with van der Waals surface area (Å²) < 4.78 is 5.41. The third-order valence-corrected chi connectivity index (χ3v) is 4.96. The molecule has 7 nitrogen and oxygen atoms in total. The highest BCUT2D eigenvalue weighted by molar-refractivity contribution is 5.81. The van der Waals surface area contributed by atoms with Crippen LogP contribution in [0.4, 0.5) is 4.79 Å². The van der Waals surface area contributed by atoms with Gasteiger partial charge in [-0.15, -0.1) is 0 Å². The summed E-state index contributed by atoms with van der Waals surface area (Å²) in [6.07, 6.45) is 3.69. The summed E-state index contributed by atoms with van der Waals surface area (Å²) in [7, 11) is 0. The van der Waals surface area contributed by atoms with Crippen LogP contribution in [0.2, 0.25) is 0 Å². The summed E-state index contributed by atoms with van der Waals surface area (Å²) in [4.78, 5) is 31.8.